The summed E-state index contributed by atoms with van der Waals surface area (Å²) < 4.78 is 0. The van der Waals surface area contributed by atoms with Crippen molar-refractivity contribution in [2.75, 3.05) is 23.7 Å². The van der Waals surface area contributed by atoms with Crippen molar-refractivity contribution in [1.29, 1.82) is 0 Å². The zero-order valence-electron chi connectivity index (χ0n) is 13.1. The van der Waals surface area contributed by atoms with E-state index >= 15 is 0 Å². The van der Waals surface area contributed by atoms with Crippen LogP contribution in [-0.2, 0) is 0 Å². The molecule has 0 atom stereocenters. The highest BCUT2D eigenvalue weighted by atomic mass is 15.2. The Morgan fingerprint density at radius 2 is 1.86 bits per heavy atom. The van der Waals surface area contributed by atoms with Gasteiger partial charge in [-0.2, -0.15) is 0 Å². The highest BCUT2D eigenvalue weighted by molar-refractivity contribution is 5.98. The molecule has 0 bridgehead atoms. The molecular weight excluding hydrogens is 258 g/mol. The summed E-state index contributed by atoms with van der Waals surface area (Å²) in [7, 11) is 0. The lowest BCUT2D eigenvalue weighted by Gasteiger charge is -2.52. The second-order valence-corrected chi connectivity index (χ2v) is 6.43. The Morgan fingerprint density at radius 1 is 1.14 bits per heavy atom. The topological polar surface area (TPSA) is 42.1 Å². The summed E-state index contributed by atoms with van der Waals surface area (Å²) >= 11 is 0. The van der Waals surface area contributed by atoms with Crippen LogP contribution in [-0.4, -0.2) is 18.1 Å². The fraction of sp³-hybridized carbons (Fsp3) is 0.500. The first-order chi connectivity index (χ1) is 10.2. The Kier molecular flexibility index (Phi) is 3.75. The molecule has 0 aliphatic carbocycles. The molecule has 1 aromatic carbocycles. The maximum Gasteiger partial charge on any atom is 0.0951 e. The molecule has 1 aromatic heterocycles. The zero-order chi connectivity index (χ0) is 14.9. The number of hydrogen-bond acceptors (Lipinski definition) is 3. The van der Waals surface area contributed by atoms with Crippen molar-refractivity contribution in [2.24, 2.45) is 5.41 Å². The lowest BCUT2D eigenvalue weighted by Crippen LogP contribution is -2.56. The van der Waals surface area contributed by atoms with Gasteiger partial charge in [0.1, 0.15) is 0 Å². The van der Waals surface area contributed by atoms with E-state index in [1.54, 1.807) is 0 Å². The van der Waals surface area contributed by atoms with Crippen LogP contribution in [0.1, 0.15) is 39.5 Å². The average Bonchev–Trinajstić information content (AvgIpc) is 2.46. The van der Waals surface area contributed by atoms with E-state index in [2.05, 4.69) is 35.9 Å². The number of anilines is 2. The van der Waals surface area contributed by atoms with Gasteiger partial charge < -0.3 is 10.6 Å². The fourth-order valence-electron chi connectivity index (χ4n) is 3.89. The highest BCUT2D eigenvalue weighted by Crippen LogP contribution is 2.44. The number of benzene rings is 1. The number of nitrogens with two attached hydrogens (primary N) is 1. The third-order valence-corrected chi connectivity index (χ3v) is 4.73. The molecule has 112 valence electrons. The van der Waals surface area contributed by atoms with Gasteiger partial charge in [-0.15, -0.1) is 0 Å². The van der Waals surface area contributed by atoms with Gasteiger partial charge in [0.15, 0.2) is 0 Å². The van der Waals surface area contributed by atoms with Gasteiger partial charge in [-0.25, -0.2) is 0 Å². The van der Waals surface area contributed by atoms with Gasteiger partial charge in [0.25, 0.3) is 0 Å². The summed E-state index contributed by atoms with van der Waals surface area (Å²) in [6, 6.07) is 8.27. The third-order valence-electron chi connectivity index (χ3n) is 4.73. The van der Waals surface area contributed by atoms with Crippen LogP contribution in [0.5, 0.6) is 0 Å². The normalized spacial score (nSPS) is 17.0. The molecule has 2 heterocycles. The van der Waals surface area contributed by atoms with E-state index in [0.29, 0.717) is 5.41 Å². The smallest absolute Gasteiger partial charge is 0.0951 e. The van der Waals surface area contributed by atoms with Crippen LogP contribution in [0.3, 0.4) is 0 Å². The second-order valence-electron chi connectivity index (χ2n) is 6.43. The molecule has 0 radical (unpaired) electrons. The SMILES string of the molecule is CCCC1(CCC)CN(c2ccc(N)c3ncccc23)C1. The number of rotatable bonds is 5. The van der Waals surface area contributed by atoms with Gasteiger partial charge in [0, 0.05) is 35.8 Å². The molecule has 1 fully saturated rings. The van der Waals surface area contributed by atoms with Gasteiger partial charge >= 0.3 is 0 Å². The van der Waals surface area contributed by atoms with E-state index in [-0.39, 0.29) is 0 Å². The van der Waals surface area contributed by atoms with Crippen LogP contribution < -0.4 is 10.6 Å². The van der Waals surface area contributed by atoms with Gasteiger partial charge in [0.2, 0.25) is 0 Å². The molecule has 1 saturated heterocycles. The average molecular weight is 283 g/mol. The van der Waals surface area contributed by atoms with E-state index in [1.807, 2.05) is 18.3 Å². The highest BCUT2D eigenvalue weighted by Gasteiger charge is 2.41. The van der Waals surface area contributed by atoms with Gasteiger partial charge in [-0.3, -0.25) is 4.98 Å². The fourth-order valence-corrected chi connectivity index (χ4v) is 3.89. The predicted octanol–water partition coefficient (Wildman–Crippen LogP) is 4.22. The lowest BCUT2D eigenvalue weighted by molar-refractivity contribution is 0.173. The molecule has 1 aliphatic heterocycles. The zero-order valence-corrected chi connectivity index (χ0v) is 13.1. The molecular formula is C18H25N3. The molecule has 3 nitrogen and oxygen atoms in total. The maximum absolute atomic E-state index is 6.05. The van der Waals surface area contributed by atoms with E-state index in [4.69, 9.17) is 5.73 Å². The minimum absolute atomic E-state index is 0.527. The molecule has 2 aromatic rings. The number of fused-ring (bicyclic) bond motifs is 1. The molecule has 0 amide bonds. The number of nitrogen functional groups attached to an aromatic ring is 1. The Labute approximate surface area is 127 Å². The molecule has 0 unspecified atom stereocenters. The number of nitrogens with zero attached hydrogens (tertiary/aromatic N) is 2. The van der Waals surface area contributed by atoms with E-state index < -0.39 is 0 Å². The van der Waals surface area contributed by atoms with Crippen LogP contribution in [0.2, 0.25) is 0 Å². The quantitative estimate of drug-likeness (QED) is 0.835. The molecule has 21 heavy (non-hydrogen) atoms. The minimum atomic E-state index is 0.527. The maximum atomic E-state index is 6.05. The summed E-state index contributed by atoms with van der Waals surface area (Å²) in [5, 5.41) is 1.18. The summed E-state index contributed by atoms with van der Waals surface area (Å²) in [6.45, 7) is 6.93. The lowest BCUT2D eigenvalue weighted by atomic mass is 9.72. The van der Waals surface area contributed by atoms with Gasteiger partial charge in [-0.05, 0) is 37.1 Å². The van der Waals surface area contributed by atoms with Crippen molar-refractivity contribution in [2.45, 2.75) is 39.5 Å². The van der Waals surface area contributed by atoms with Crippen molar-refractivity contribution in [3.05, 3.63) is 30.5 Å². The number of pyridine rings is 1. The monoisotopic (exact) mass is 283 g/mol. The van der Waals surface area contributed by atoms with E-state index in [1.165, 1.54) is 49.8 Å². The Hall–Kier alpha value is -1.77. The molecule has 0 saturated carbocycles. The summed E-state index contributed by atoms with van der Waals surface area (Å²) in [6.07, 6.45) is 7.04. The largest absolute Gasteiger partial charge is 0.397 e. The predicted molar refractivity (Wildman–Crippen MR) is 90.6 cm³/mol. The summed E-state index contributed by atoms with van der Waals surface area (Å²) in [5.74, 6) is 0. The third kappa shape index (κ3) is 2.45. The molecule has 3 heteroatoms. The van der Waals surface area contributed by atoms with Crippen molar-refractivity contribution >= 4 is 22.3 Å². The number of hydrogen-bond donors (Lipinski definition) is 1. The van der Waals surface area contributed by atoms with Crippen molar-refractivity contribution in [3.63, 3.8) is 0 Å². The first-order valence-corrected chi connectivity index (χ1v) is 8.07. The molecule has 2 N–H and O–H groups in total. The standard InChI is InChI=1S/C18H25N3/c1-3-9-18(10-4-2)12-21(13-18)16-8-7-15(19)17-14(16)6-5-11-20-17/h5-8,11H,3-4,9-10,12-13,19H2,1-2H3. The van der Waals surface area contributed by atoms with Gasteiger partial charge in [0.05, 0.1) is 11.2 Å². The van der Waals surface area contributed by atoms with Crippen LogP contribution in [0.4, 0.5) is 11.4 Å². The van der Waals surface area contributed by atoms with Crippen LogP contribution in [0, 0.1) is 5.41 Å². The van der Waals surface area contributed by atoms with Gasteiger partial charge in [-0.1, -0.05) is 26.7 Å². The van der Waals surface area contributed by atoms with Crippen molar-refractivity contribution < 1.29 is 0 Å². The Balaban J connectivity index is 1.89. The van der Waals surface area contributed by atoms with Crippen LogP contribution in [0.25, 0.3) is 10.9 Å². The van der Waals surface area contributed by atoms with Crippen LogP contribution >= 0.6 is 0 Å². The molecule has 0 spiro atoms. The molecule has 3 rings (SSSR count). The number of aromatic nitrogens is 1. The Morgan fingerprint density at radius 3 is 2.52 bits per heavy atom. The molecule has 1 aliphatic rings. The first kappa shape index (κ1) is 14.2. The summed E-state index contributed by atoms with van der Waals surface area (Å²) in [5.41, 5.74) is 9.56. The summed E-state index contributed by atoms with van der Waals surface area (Å²) in [4.78, 5) is 6.93. The van der Waals surface area contributed by atoms with E-state index in [9.17, 15) is 0 Å². The van der Waals surface area contributed by atoms with Crippen LogP contribution in [0.15, 0.2) is 30.5 Å². The second kappa shape index (κ2) is 5.55. The first-order valence-electron chi connectivity index (χ1n) is 8.07. The van der Waals surface area contributed by atoms with Crippen molar-refractivity contribution in [1.82, 2.24) is 4.98 Å². The minimum Gasteiger partial charge on any atom is -0.397 e. The van der Waals surface area contributed by atoms with E-state index in [0.717, 1.165) is 11.2 Å². The van der Waals surface area contributed by atoms with Crippen molar-refractivity contribution in [3.8, 4) is 0 Å². The Bertz CT molecular complexity index is 621.